The van der Waals surface area contributed by atoms with Crippen molar-refractivity contribution < 1.29 is 0 Å². The van der Waals surface area contributed by atoms with E-state index in [9.17, 15) is 0 Å². The quantitative estimate of drug-likeness (QED) is 0.723. The highest BCUT2D eigenvalue weighted by atomic mass is 32.2. The summed E-state index contributed by atoms with van der Waals surface area (Å²) in [4.78, 5) is 2.59. The molecule has 0 aliphatic carbocycles. The fourth-order valence-electron chi connectivity index (χ4n) is 1.35. The average Bonchev–Trinajstić information content (AvgIpc) is 2.51. The second-order valence-corrected chi connectivity index (χ2v) is 4.58. The first-order valence-electron chi connectivity index (χ1n) is 4.60. The largest absolute Gasteiger partial charge is 0.356 e. The molecule has 1 aromatic heterocycles. The number of aryl methyl sites for hydroxylation is 2. The summed E-state index contributed by atoms with van der Waals surface area (Å²) in [5.41, 5.74) is 1.31. The number of hydrogen-bond donors (Lipinski definition) is 0. The number of hydrogen-bond acceptors (Lipinski definition) is 1. The molecule has 0 fully saturated rings. The molecule has 1 heterocycles. The van der Waals surface area contributed by atoms with E-state index in [0.717, 1.165) is 0 Å². The second kappa shape index (κ2) is 3.93. The Morgan fingerprint density at radius 2 is 2.00 bits per heavy atom. The Kier molecular flexibility index (Phi) is 2.64. The van der Waals surface area contributed by atoms with E-state index in [1.807, 2.05) is 7.05 Å². The third-order valence-electron chi connectivity index (χ3n) is 2.03. The lowest BCUT2D eigenvalue weighted by Gasteiger charge is -1.99. The molecule has 2 heteroatoms. The Morgan fingerprint density at radius 1 is 1.14 bits per heavy atom. The van der Waals surface area contributed by atoms with E-state index in [-0.39, 0.29) is 0 Å². The molecule has 14 heavy (non-hydrogen) atoms. The zero-order valence-electron chi connectivity index (χ0n) is 8.40. The van der Waals surface area contributed by atoms with Gasteiger partial charge in [0.1, 0.15) is 0 Å². The van der Waals surface area contributed by atoms with Gasteiger partial charge in [-0.25, -0.2) is 0 Å². The fraction of sp³-hybridized carbons (Fsp3) is 0.167. The summed E-state index contributed by atoms with van der Waals surface area (Å²) < 4.78 is 2.07. The van der Waals surface area contributed by atoms with E-state index in [0.29, 0.717) is 0 Å². The van der Waals surface area contributed by atoms with Crippen LogP contribution in [-0.4, -0.2) is 4.57 Å². The minimum Gasteiger partial charge on any atom is -0.356 e. The predicted octanol–water partition coefficient (Wildman–Crippen LogP) is 3.48. The topological polar surface area (TPSA) is 4.93 Å². The first-order chi connectivity index (χ1) is 6.74. The van der Waals surface area contributed by atoms with Crippen molar-refractivity contribution in [3.8, 4) is 0 Å². The summed E-state index contributed by atoms with van der Waals surface area (Å²) in [6, 6.07) is 10.7. The molecule has 2 rings (SSSR count). The Hall–Kier alpha value is -1.15. The van der Waals surface area contributed by atoms with Crippen molar-refractivity contribution in [2.24, 2.45) is 7.05 Å². The molecule has 0 radical (unpaired) electrons. The van der Waals surface area contributed by atoms with Crippen LogP contribution < -0.4 is 0 Å². The molecule has 0 bridgehead atoms. The molecule has 72 valence electrons. The van der Waals surface area contributed by atoms with Crippen LogP contribution >= 0.6 is 11.8 Å². The summed E-state index contributed by atoms with van der Waals surface area (Å²) >= 11 is 1.80. The first kappa shape index (κ1) is 9.41. The van der Waals surface area contributed by atoms with Crippen LogP contribution in [-0.2, 0) is 7.05 Å². The molecular formula is C12H13NS. The van der Waals surface area contributed by atoms with Gasteiger partial charge in [-0.05, 0) is 25.1 Å². The van der Waals surface area contributed by atoms with Crippen molar-refractivity contribution in [2.45, 2.75) is 16.7 Å². The van der Waals surface area contributed by atoms with Gasteiger partial charge >= 0.3 is 0 Å². The summed E-state index contributed by atoms with van der Waals surface area (Å²) in [5, 5.41) is 0. The van der Waals surface area contributed by atoms with Gasteiger partial charge in [0.2, 0.25) is 0 Å². The van der Waals surface area contributed by atoms with Gasteiger partial charge in [0.25, 0.3) is 0 Å². The van der Waals surface area contributed by atoms with Gasteiger partial charge in [-0.15, -0.1) is 0 Å². The Labute approximate surface area is 88.8 Å². The van der Waals surface area contributed by atoms with Gasteiger partial charge in [-0.3, -0.25) is 0 Å². The van der Waals surface area contributed by atoms with Crippen molar-refractivity contribution in [3.63, 3.8) is 0 Å². The van der Waals surface area contributed by atoms with Crippen LogP contribution in [0.2, 0.25) is 0 Å². The lowest BCUT2D eigenvalue weighted by Crippen LogP contribution is -1.77. The van der Waals surface area contributed by atoms with Crippen LogP contribution in [0, 0.1) is 6.92 Å². The van der Waals surface area contributed by atoms with Crippen LogP contribution in [0.1, 0.15) is 5.56 Å². The minimum atomic E-state index is 1.29. The van der Waals surface area contributed by atoms with Gasteiger partial charge in [0.15, 0.2) is 0 Å². The number of aromatic nitrogens is 1. The normalized spacial score (nSPS) is 10.4. The molecule has 0 aliphatic rings. The first-order valence-corrected chi connectivity index (χ1v) is 5.42. The van der Waals surface area contributed by atoms with Gasteiger partial charge in [-0.2, -0.15) is 0 Å². The Morgan fingerprint density at radius 3 is 2.64 bits per heavy atom. The number of benzene rings is 1. The van der Waals surface area contributed by atoms with Crippen LogP contribution in [0.3, 0.4) is 0 Å². The van der Waals surface area contributed by atoms with E-state index < -0.39 is 0 Å². The third kappa shape index (κ3) is 2.20. The Bertz CT molecular complexity index is 431. The van der Waals surface area contributed by atoms with E-state index in [4.69, 9.17) is 0 Å². The number of nitrogens with zero attached hydrogens (tertiary/aromatic N) is 1. The number of rotatable bonds is 2. The monoisotopic (exact) mass is 203 g/mol. The smallest absolute Gasteiger partial charge is 0.0299 e. The molecule has 2 aromatic rings. The lowest BCUT2D eigenvalue weighted by molar-refractivity contribution is 0.920. The summed E-state index contributed by atoms with van der Waals surface area (Å²) in [7, 11) is 2.04. The fourth-order valence-corrected chi connectivity index (χ4v) is 2.36. The molecule has 0 unspecified atom stereocenters. The van der Waals surface area contributed by atoms with Crippen molar-refractivity contribution in [2.75, 3.05) is 0 Å². The maximum atomic E-state index is 2.21. The maximum absolute atomic E-state index is 2.21. The highest BCUT2D eigenvalue weighted by Crippen LogP contribution is 2.27. The molecule has 0 saturated carbocycles. The highest BCUT2D eigenvalue weighted by Gasteiger charge is 1.98. The van der Waals surface area contributed by atoms with Crippen LogP contribution in [0.15, 0.2) is 52.5 Å². The standard InChI is InChI=1S/C12H13NS/c1-10-4-3-5-11(8-10)14-12-6-7-13(2)9-12/h3-9H,1-2H3. The third-order valence-corrected chi connectivity index (χ3v) is 3.00. The van der Waals surface area contributed by atoms with E-state index in [1.54, 1.807) is 11.8 Å². The summed E-state index contributed by atoms with van der Waals surface area (Å²) in [6.07, 6.45) is 4.20. The van der Waals surface area contributed by atoms with Crippen molar-refractivity contribution in [1.29, 1.82) is 0 Å². The van der Waals surface area contributed by atoms with Crippen molar-refractivity contribution in [3.05, 3.63) is 48.3 Å². The average molecular weight is 203 g/mol. The molecule has 0 N–H and O–H groups in total. The van der Waals surface area contributed by atoms with Gasteiger partial charge in [0, 0.05) is 29.2 Å². The zero-order chi connectivity index (χ0) is 9.97. The lowest BCUT2D eigenvalue weighted by atomic mass is 10.2. The van der Waals surface area contributed by atoms with Gasteiger partial charge < -0.3 is 4.57 Å². The summed E-state index contributed by atoms with van der Waals surface area (Å²) in [5.74, 6) is 0. The van der Waals surface area contributed by atoms with Gasteiger partial charge in [-0.1, -0.05) is 29.5 Å². The Balaban J connectivity index is 2.18. The summed E-state index contributed by atoms with van der Waals surface area (Å²) in [6.45, 7) is 2.12. The van der Waals surface area contributed by atoms with Crippen LogP contribution in [0.25, 0.3) is 0 Å². The highest BCUT2D eigenvalue weighted by molar-refractivity contribution is 7.99. The molecule has 1 nitrogen and oxygen atoms in total. The molecule has 0 saturated heterocycles. The van der Waals surface area contributed by atoms with E-state index >= 15 is 0 Å². The molecular weight excluding hydrogens is 190 g/mol. The van der Waals surface area contributed by atoms with Crippen molar-refractivity contribution >= 4 is 11.8 Å². The minimum absolute atomic E-state index is 1.29. The van der Waals surface area contributed by atoms with E-state index in [1.165, 1.54) is 15.4 Å². The predicted molar refractivity (Wildman–Crippen MR) is 60.7 cm³/mol. The maximum Gasteiger partial charge on any atom is 0.0299 e. The molecule has 0 amide bonds. The van der Waals surface area contributed by atoms with Crippen LogP contribution in [0.4, 0.5) is 0 Å². The molecule has 0 atom stereocenters. The molecule has 1 aromatic carbocycles. The zero-order valence-corrected chi connectivity index (χ0v) is 9.21. The SMILES string of the molecule is Cc1cccc(Sc2ccn(C)c2)c1. The van der Waals surface area contributed by atoms with Gasteiger partial charge in [0.05, 0.1) is 0 Å². The second-order valence-electron chi connectivity index (χ2n) is 3.43. The van der Waals surface area contributed by atoms with Crippen LogP contribution in [0.5, 0.6) is 0 Å². The van der Waals surface area contributed by atoms with Crippen molar-refractivity contribution in [1.82, 2.24) is 4.57 Å². The van der Waals surface area contributed by atoms with E-state index in [2.05, 4.69) is 54.2 Å². The molecule has 0 spiro atoms. The molecule has 0 aliphatic heterocycles.